The predicted molar refractivity (Wildman–Crippen MR) is 69.4 cm³/mol. The van der Waals surface area contributed by atoms with Crippen LogP contribution in [0.25, 0.3) is 0 Å². The molecule has 0 spiro atoms. The van der Waals surface area contributed by atoms with E-state index in [-0.39, 0.29) is 13.2 Å². The average Bonchev–Trinajstić information content (AvgIpc) is 2.45. The monoisotopic (exact) mass is 269 g/mol. The van der Waals surface area contributed by atoms with E-state index in [1.165, 1.54) is 0 Å². The summed E-state index contributed by atoms with van der Waals surface area (Å²) in [4.78, 5) is 11.3. The van der Waals surface area contributed by atoms with Gasteiger partial charge in [0.05, 0.1) is 14.2 Å². The van der Waals surface area contributed by atoms with Crippen LogP contribution < -0.4 is 14.8 Å². The van der Waals surface area contributed by atoms with Crippen molar-refractivity contribution in [1.82, 2.24) is 5.32 Å². The van der Waals surface area contributed by atoms with Crippen LogP contribution in [0.1, 0.15) is 12.0 Å². The zero-order valence-electron chi connectivity index (χ0n) is 11.1. The second-order valence-electron chi connectivity index (χ2n) is 3.80. The highest BCUT2D eigenvalue weighted by atomic mass is 16.5. The fraction of sp³-hybridized carbons (Fsp3) is 0.462. The Morgan fingerprint density at radius 2 is 1.84 bits per heavy atom. The number of carbonyl (C=O) groups is 1. The minimum atomic E-state index is -0.518. The molecule has 6 heteroatoms. The highest BCUT2D eigenvalue weighted by molar-refractivity contribution is 5.67. The van der Waals surface area contributed by atoms with Gasteiger partial charge in [0.25, 0.3) is 0 Å². The van der Waals surface area contributed by atoms with Crippen LogP contribution in [-0.4, -0.2) is 38.6 Å². The van der Waals surface area contributed by atoms with Crippen molar-refractivity contribution >= 4 is 6.09 Å². The molecule has 0 atom stereocenters. The highest BCUT2D eigenvalue weighted by Gasteiger charge is 2.05. The molecule has 0 aliphatic rings. The molecule has 19 heavy (non-hydrogen) atoms. The van der Waals surface area contributed by atoms with E-state index in [1.807, 2.05) is 0 Å². The first-order chi connectivity index (χ1) is 9.19. The van der Waals surface area contributed by atoms with Crippen molar-refractivity contribution in [3.05, 3.63) is 23.8 Å². The topological polar surface area (TPSA) is 77.0 Å². The lowest BCUT2D eigenvalue weighted by molar-refractivity contribution is 0.138. The third-order valence-corrected chi connectivity index (χ3v) is 2.39. The maximum absolute atomic E-state index is 11.3. The molecule has 0 fully saturated rings. The van der Waals surface area contributed by atoms with Crippen LogP contribution in [0.5, 0.6) is 11.5 Å². The number of aliphatic hydroxyl groups is 1. The van der Waals surface area contributed by atoms with E-state index in [0.717, 1.165) is 5.56 Å². The van der Waals surface area contributed by atoms with Crippen molar-refractivity contribution in [3.63, 3.8) is 0 Å². The maximum atomic E-state index is 11.3. The Bertz CT molecular complexity index is 386. The van der Waals surface area contributed by atoms with Crippen LogP contribution in [0.3, 0.4) is 0 Å². The van der Waals surface area contributed by atoms with Crippen LogP contribution in [0.15, 0.2) is 18.2 Å². The summed E-state index contributed by atoms with van der Waals surface area (Å²) in [6.45, 7) is 0.544. The number of nitrogens with one attached hydrogen (secondary N) is 1. The van der Waals surface area contributed by atoms with E-state index in [1.54, 1.807) is 32.4 Å². The number of alkyl carbamates (subject to hydrolysis) is 1. The number of methoxy groups -OCH3 is 2. The van der Waals surface area contributed by atoms with E-state index < -0.39 is 6.09 Å². The minimum Gasteiger partial charge on any atom is -0.497 e. The molecule has 1 aromatic carbocycles. The fourth-order valence-corrected chi connectivity index (χ4v) is 1.42. The van der Waals surface area contributed by atoms with Crippen molar-refractivity contribution in [2.75, 3.05) is 27.4 Å². The quantitative estimate of drug-likeness (QED) is 0.730. The number of hydrogen-bond acceptors (Lipinski definition) is 5. The molecular weight excluding hydrogens is 250 g/mol. The molecule has 2 N–H and O–H groups in total. The summed E-state index contributed by atoms with van der Waals surface area (Å²) in [5, 5.41) is 11.1. The number of ether oxygens (including phenoxy) is 3. The van der Waals surface area contributed by atoms with Crippen LogP contribution in [-0.2, 0) is 11.3 Å². The summed E-state index contributed by atoms with van der Waals surface area (Å²) in [5.74, 6) is 1.28. The van der Waals surface area contributed by atoms with Gasteiger partial charge < -0.3 is 24.6 Å². The molecule has 0 aliphatic carbocycles. The zero-order valence-corrected chi connectivity index (χ0v) is 11.1. The van der Waals surface area contributed by atoms with Gasteiger partial charge in [-0.25, -0.2) is 4.79 Å². The molecule has 0 saturated heterocycles. The molecule has 0 saturated carbocycles. The smallest absolute Gasteiger partial charge is 0.407 e. The molecule has 6 nitrogen and oxygen atoms in total. The third kappa shape index (κ3) is 5.48. The van der Waals surface area contributed by atoms with E-state index in [4.69, 9.17) is 19.3 Å². The summed E-state index contributed by atoms with van der Waals surface area (Å²) in [6.07, 6.45) is -0.0162. The molecule has 0 heterocycles. The van der Waals surface area contributed by atoms with Gasteiger partial charge in [0.2, 0.25) is 0 Å². The fourth-order valence-electron chi connectivity index (χ4n) is 1.42. The van der Waals surface area contributed by atoms with E-state index in [2.05, 4.69) is 5.32 Å². The van der Waals surface area contributed by atoms with Crippen molar-refractivity contribution in [3.8, 4) is 11.5 Å². The number of benzene rings is 1. The van der Waals surface area contributed by atoms with E-state index in [0.29, 0.717) is 24.5 Å². The molecule has 0 radical (unpaired) electrons. The van der Waals surface area contributed by atoms with Crippen molar-refractivity contribution in [1.29, 1.82) is 0 Å². The number of hydrogen-bond donors (Lipinski definition) is 2. The van der Waals surface area contributed by atoms with Gasteiger partial charge >= 0.3 is 6.09 Å². The van der Waals surface area contributed by atoms with Crippen LogP contribution in [0.2, 0.25) is 0 Å². The Labute approximate surface area is 112 Å². The summed E-state index contributed by atoms with van der Waals surface area (Å²) in [6, 6.07) is 5.28. The number of aliphatic hydroxyl groups excluding tert-OH is 1. The first-order valence-corrected chi connectivity index (χ1v) is 5.93. The summed E-state index contributed by atoms with van der Waals surface area (Å²) < 4.78 is 15.3. The van der Waals surface area contributed by atoms with E-state index in [9.17, 15) is 4.79 Å². The van der Waals surface area contributed by atoms with Crippen molar-refractivity contribution in [2.45, 2.75) is 13.0 Å². The van der Waals surface area contributed by atoms with Gasteiger partial charge in [0.15, 0.2) is 0 Å². The first kappa shape index (κ1) is 15.1. The zero-order chi connectivity index (χ0) is 14.1. The summed E-state index contributed by atoms with van der Waals surface area (Å²) >= 11 is 0. The lowest BCUT2D eigenvalue weighted by Gasteiger charge is -2.09. The molecule has 1 rings (SSSR count). The number of carbonyl (C=O) groups excluding carboxylic acids is 1. The van der Waals surface area contributed by atoms with Gasteiger partial charge in [-0.3, -0.25) is 0 Å². The second-order valence-corrected chi connectivity index (χ2v) is 3.80. The molecule has 0 bridgehead atoms. The predicted octanol–water partition coefficient (Wildman–Crippen LogP) is 1.31. The third-order valence-electron chi connectivity index (χ3n) is 2.39. The van der Waals surface area contributed by atoms with Crippen molar-refractivity contribution < 1.29 is 24.1 Å². The van der Waals surface area contributed by atoms with Gasteiger partial charge in [-0.2, -0.15) is 0 Å². The first-order valence-electron chi connectivity index (χ1n) is 5.93. The summed E-state index contributed by atoms with van der Waals surface area (Å²) in [5.41, 5.74) is 0.772. The Hall–Kier alpha value is -1.95. The van der Waals surface area contributed by atoms with Crippen LogP contribution >= 0.6 is 0 Å². The molecule has 1 amide bonds. The molecular formula is C13H19NO5. The SMILES string of the molecule is COc1cc(COC(=O)NCCCO)cc(OC)c1. The highest BCUT2D eigenvalue weighted by Crippen LogP contribution is 2.22. The number of rotatable bonds is 7. The largest absolute Gasteiger partial charge is 0.497 e. The van der Waals surface area contributed by atoms with Crippen LogP contribution in [0, 0.1) is 0 Å². The Balaban J connectivity index is 2.50. The number of amides is 1. The van der Waals surface area contributed by atoms with Crippen molar-refractivity contribution in [2.24, 2.45) is 0 Å². The minimum absolute atomic E-state index is 0.0351. The molecule has 0 aliphatic heterocycles. The van der Waals surface area contributed by atoms with Gasteiger partial charge in [-0.05, 0) is 24.1 Å². The second kappa shape index (κ2) is 8.20. The normalized spacial score (nSPS) is 9.84. The molecule has 0 unspecified atom stereocenters. The Morgan fingerprint density at radius 1 is 1.21 bits per heavy atom. The average molecular weight is 269 g/mol. The van der Waals surface area contributed by atoms with Gasteiger partial charge in [-0.1, -0.05) is 0 Å². The maximum Gasteiger partial charge on any atom is 0.407 e. The Morgan fingerprint density at radius 3 is 2.37 bits per heavy atom. The van der Waals surface area contributed by atoms with Gasteiger partial charge in [0.1, 0.15) is 18.1 Å². The lowest BCUT2D eigenvalue weighted by atomic mass is 10.2. The standard InChI is InChI=1S/C13H19NO5/c1-17-11-6-10(7-12(8-11)18-2)9-19-13(16)14-4-3-5-15/h6-8,15H,3-5,9H2,1-2H3,(H,14,16). The lowest BCUT2D eigenvalue weighted by Crippen LogP contribution is -2.25. The molecule has 0 aromatic heterocycles. The Kier molecular flexibility index (Phi) is 6.52. The van der Waals surface area contributed by atoms with Crippen LogP contribution in [0.4, 0.5) is 4.79 Å². The van der Waals surface area contributed by atoms with Gasteiger partial charge in [0, 0.05) is 19.2 Å². The van der Waals surface area contributed by atoms with Gasteiger partial charge in [-0.15, -0.1) is 0 Å². The molecule has 1 aromatic rings. The molecule has 106 valence electrons. The summed E-state index contributed by atoms with van der Waals surface area (Å²) in [7, 11) is 3.11. The van der Waals surface area contributed by atoms with E-state index >= 15 is 0 Å².